The van der Waals surface area contributed by atoms with E-state index >= 15 is 0 Å². The molecular weight excluding hydrogens is 636 g/mol. The molecule has 0 bridgehead atoms. The van der Waals surface area contributed by atoms with Gasteiger partial charge in [0.2, 0.25) is 5.82 Å². The number of imidazole rings is 1. The van der Waals surface area contributed by atoms with E-state index in [2.05, 4.69) is 25.6 Å². The Balaban J connectivity index is 0.00000417. The van der Waals surface area contributed by atoms with Crippen LogP contribution in [-0.4, -0.2) is 91.7 Å². The third kappa shape index (κ3) is 6.95. The van der Waals surface area contributed by atoms with Crippen LogP contribution in [0, 0.1) is 0 Å². The first-order chi connectivity index (χ1) is 23.3. The molecule has 256 valence electrons. The van der Waals surface area contributed by atoms with Crippen molar-refractivity contribution < 1.29 is 43.5 Å². The molecule has 2 aliphatic rings. The van der Waals surface area contributed by atoms with Crippen LogP contribution in [0.5, 0.6) is 6.01 Å². The Hall–Kier alpha value is -5.38. The molecule has 3 N–H and O–H groups in total. The van der Waals surface area contributed by atoms with Crippen LogP contribution < -0.4 is 4.74 Å². The predicted molar refractivity (Wildman–Crippen MR) is 174 cm³/mol. The number of carbonyl (C=O) groups excluding carboxylic acids is 2. The number of ether oxygens (including phenoxy) is 6. The summed E-state index contributed by atoms with van der Waals surface area (Å²) in [6, 6.07) is 21.4. The molecule has 15 heteroatoms. The Labute approximate surface area is 280 Å². The minimum Gasteiger partial charge on any atom is -0.465 e. The van der Waals surface area contributed by atoms with Crippen LogP contribution in [0.15, 0.2) is 66.7 Å². The van der Waals surface area contributed by atoms with Crippen LogP contribution in [0.3, 0.4) is 0 Å². The van der Waals surface area contributed by atoms with E-state index in [1.54, 1.807) is 18.2 Å². The zero-order valence-corrected chi connectivity index (χ0v) is 27.1. The van der Waals surface area contributed by atoms with Gasteiger partial charge in [-0.1, -0.05) is 54.6 Å². The second-order valence-corrected chi connectivity index (χ2v) is 11.9. The van der Waals surface area contributed by atoms with Gasteiger partial charge in [0.1, 0.15) is 6.10 Å². The average Bonchev–Trinajstić information content (AvgIpc) is 3.88. The molecule has 2 saturated heterocycles. The number of para-hydroxylation sites is 1. The first-order valence-corrected chi connectivity index (χ1v) is 15.7. The Morgan fingerprint density at radius 2 is 1.80 bits per heavy atom. The summed E-state index contributed by atoms with van der Waals surface area (Å²) in [5.41, 5.74) is 5.02. The molecule has 0 amide bonds. The van der Waals surface area contributed by atoms with Crippen molar-refractivity contribution in [1.29, 1.82) is 0 Å². The first kappa shape index (κ1) is 33.5. The number of nitrogens with one attached hydrogen (secondary N) is 1. The number of hydrogen-bond acceptors (Lipinski definition) is 12. The smallest absolute Gasteiger partial charge is 0.465 e. The number of hydrogen-bond donors (Lipinski definition) is 1. The maximum Gasteiger partial charge on any atom is 0.512 e. The van der Waals surface area contributed by atoms with Crippen molar-refractivity contribution in [2.24, 2.45) is 0 Å². The van der Waals surface area contributed by atoms with Crippen molar-refractivity contribution in [2.45, 2.75) is 57.8 Å². The van der Waals surface area contributed by atoms with Gasteiger partial charge < -0.3 is 33.9 Å². The zero-order valence-electron chi connectivity index (χ0n) is 27.1. The van der Waals surface area contributed by atoms with Crippen LogP contribution in [0.4, 0.5) is 4.79 Å². The number of rotatable bonds is 10. The van der Waals surface area contributed by atoms with E-state index in [1.807, 2.05) is 60.0 Å². The minimum absolute atomic E-state index is 0. The van der Waals surface area contributed by atoms with Gasteiger partial charge in [0.25, 0.3) is 11.8 Å². The topological polar surface area (TPSA) is 193 Å². The summed E-state index contributed by atoms with van der Waals surface area (Å²) in [6.45, 7) is 6.28. The highest BCUT2D eigenvalue weighted by Crippen LogP contribution is 2.32. The van der Waals surface area contributed by atoms with Crippen molar-refractivity contribution in [2.75, 3.05) is 19.8 Å². The maximum atomic E-state index is 13.7. The molecule has 4 heterocycles. The molecule has 15 nitrogen and oxygen atoms in total. The molecule has 0 radical (unpaired) electrons. The summed E-state index contributed by atoms with van der Waals surface area (Å²) in [6.07, 6.45) is -1.26. The number of carbonyl (C=O) groups is 2. The van der Waals surface area contributed by atoms with Crippen molar-refractivity contribution in [3.63, 3.8) is 0 Å². The maximum absolute atomic E-state index is 13.7. The highest BCUT2D eigenvalue weighted by Gasteiger charge is 2.45. The number of nitrogens with zero attached hydrogens (tertiary/aromatic N) is 5. The van der Waals surface area contributed by atoms with E-state index in [9.17, 15) is 9.59 Å². The number of aromatic nitrogens is 6. The standard InChI is InChI=1S/C34H34N6O8.H2O/c1-4-43-32-35-25-11-7-10-24(31(41)47-34(2,3)48-33(42)46-27-19-45-26-16-17-44-29(26)27)28(25)40(32)18-20-12-14-21(15-13-20)22-8-5-6-9-23(22)30-36-38-39-37-30;/h5-15,26-27,29H,4,16-19H2,1-3H3,(H,36,37,38,39);1H2/t26-,27+,29?;/m1./s1. The molecule has 0 spiro atoms. The summed E-state index contributed by atoms with van der Waals surface area (Å²) < 4.78 is 35.6. The molecule has 5 aromatic rings. The van der Waals surface area contributed by atoms with Gasteiger partial charge in [-0.3, -0.25) is 4.57 Å². The molecule has 3 aromatic carbocycles. The summed E-state index contributed by atoms with van der Waals surface area (Å²) in [5.74, 6) is -1.85. The van der Waals surface area contributed by atoms with Crippen LogP contribution >= 0.6 is 0 Å². The molecule has 2 aliphatic heterocycles. The van der Waals surface area contributed by atoms with E-state index in [-0.39, 0.29) is 29.9 Å². The lowest BCUT2D eigenvalue weighted by Crippen LogP contribution is -2.38. The number of H-pyrrole nitrogens is 1. The number of aromatic amines is 1. The molecule has 49 heavy (non-hydrogen) atoms. The summed E-state index contributed by atoms with van der Waals surface area (Å²) in [7, 11) is 0. The zero-order chi connectivity index (χ0) is 33.3. The monoisotopic (exact) mass is 672 g/mol. The number of benzene rings is 3. The number of fused-ring (bicyclic) bond motifs is 2. The molecule has 2 fully saturated rings. The van der Waals surface area contributed by atoms with Crippen LogP contribution in [-0.2, 0) is 30.2 Å². The molecule has 1 unspecified atom stereocenters. The second-order valence-electron chi connectivity index (χ2n) is 11.9. The largest absolute Gasteiger partial charge is 0.512 e. The van der Waals surface area contributed by atoms with E-state index in [0.717, 1.165) is 28.7 Å². The summed E-state index contributed by atoms with van der Waals surface area (Å²) in [5, 5.41) is 14.5. The summed E-state index contributed by atoms with van der Waals surface area (Å²) in [4.78, 5) is 31.0. The van der Waals surface area contributed by atoms with Gasteiger partial charge in [-0.2, -0.15) is 10.2 Å². The Kier molecular flexibility index (Phi) is 9.58. The van der Waals surface area contributed by atoms with Crippen molar-refractivity contribution >= 4 is 23.2 Å². The van der Waals surface area contributed by atoms with Crippen molar-refractivity contribution in [3.05, 3.63) is 77.9 Å². The van der Waals surface area contributed by atoms with Crippen molar-refractivity contribution in [1.82, 2.24) is 30.2 Å². The quantitative estimate of drug-likeness (QED) is 0.165. The lowest BCUT2D eigenvalue weighted by molar-refractivity contribution is -0.162. The average molecular weight is 673 g/mol. The predicted octanol–water partition coefficient (Wildman–Crippen LogP) is 4.11. The fraction of sp³-hybridized carbons (Fsp3) is 0.353. The molecule has 7 rings (SSSR count). The lowest BCUT2D eigenvalue weighted by atomic mass is 9.98. The van der Waals surface area contributed by atoms with Gasteiger partial charge in [0, 0.05) is 26.0 Å². The van der Waals surface area contributed by atoms with E-state index in [4.69, 9.17) is 28.4 Å². The van der Waals surface area contributed by atoms with E-state index < -0.39 is 24.0 Å². The highest BCUT2D eigenvalue weighted by atomic mass is 16.8. The van der Waals surface area contributed by atoms with Crippen LogP contribution in [0.1, 0.15) is 43.1 Å². The lowest BCUT2D eigenvalue weighted by Gasteiger charge is -2.26. The normalized spacial score (nSPS) is 18.5. The van der Waals surface area contributed by atoms with Crippen LogP contribution in [0.2, 0.25) is 0 Å². The van der Waals surface area contributed by atoms with E-state index in [0.29, 0.717) is 42.6 Å². The fourth-order valence-electron chi connectivity index (χ4n) is 6.07. The second kappa shape index (κ2) is 14.0. The van der Waals surface area contributed by atoms with Crippen LogP contribution in [0.25, 0.3) is 33.5 Å². The minimum atomic E-state index is -1.65. The third-order valence-corrected chi connectivity index (χ3v) is 8.18. The van der Waals surface area contributed by atoms with Gasteiger partial charge in [-0.25, -0.2) is 9.59 Å². The Bertz CT molecular complexity index is 1930. The molecule has 0 aliphatic carbocycles. The summed E-state index contributed by atoms with van der Waals surface area (Å²) >= 11 is 0. The highest BCUT2D eigenvalue weighted by molar-refractivity contribution is 6.02. The van der Waals surface area contributed by atoms with Gasteiger partial charge in [-0.15, -0.1) is 10.2 Å². The van der Waals surface area contributed by atoms with Gasteiger partial charge in [0.05, 0.1) is 42.5 Å². The Morgan fingerprint density at radius 1 is 1.00 bits per heavy atom. The molecule has 2 aromatic heterocycles. The number of esters is 1. The first-order valence-electron chi connectivity index (χ1n) is 15.7. The van der Waals surface area contributed by atoms with E-state index in [1.165, 1.54) is 13.8 Å². The molecular formula is C34H36N6O9. The SMILES string of the molecule is CCOc1nc2cccc(C(=O)OC(C)(C)OC(=O)O[C@H]3CO[C@@H]4CCOC34)c2n1Cc1ccc(-c2ccccc2-c2nn[nH]n2)cc1.O. The molecule has 0 saturated carbocycles. The Morgan fingerprint density at radius 3 is 2.55 bits per heavy atom. The molecule has 3 atom stereocenters. The fourth-order valence-corrected chi connectivity index (χ4v) is 6.07. The van der Waals surface area contributed by atoms with Gasteiger partial charge in [-0.05, 0) is 47.4 Å². The van der Waals surface area contributed by atoms with Crippen molar-refractivity contribution in [3.8, 4) is 28.5 Å². The van der Waals surface area contributed by atoms with Gasteiger partial charge >= 0.3 is 12.1 Å². The third-order valence-electron chi connectivity index (χ3n) is 8.18. The number of tetrazole rings is 1. The van der Waals surface area contributed by atoms with Gasteiger partial charge in [0.15, 0.2) is 6.10 Å².